The molecule has 0 radical (unpaired) electrons. The summed E-state index contributed by atoms with van der Waals surface area (Å²) in [6.45, 7) is 5.61. The molecule has 1 saturated heterocycles. The number of urea groups is 1. The van der Waals surface area contributed by atoms with Gasteiger partial charge >= 0.3 is 6.03 Å². The summed E-state index contributed by atoms with van der Waals surface area (Å²) in [4.78, 5) is 20.4. The lowest BCUT2D eigenvalue weighted by Gasteiger charge is -2.34. The Bertz CT molecular complexity index is 667. The van der Waals surface area contributed by atoms with Crippen molar-refractivity contribution in [2.24, 2.45) is 11.8 Å². The Morgan fingerprint density at radius 1 is 1.38 bits per heavy atom. The van der Waals surface area contributed by atoms with Crippen LogP contribution in [-0.4, -0.2) is 48.6 Å². The molecule has 7 nitrogen and oxygen atoms in total. The molecule has 2 heterocycles. The van der Waals surface area contributed by atoms with Gasteiger partial charge in [0.15, 0.2) is 0 Å². The fourth-order valence-electron chi connectivity index (χ4n) is 3.25. The van der Waals surface area contributed by atoms with Crippen molar-refractivity contribution >= 4 is 11.9 Å². The number of nitrogens with zero attached hydrogens (tertiary/aromatic N) is 4. The number of piperazine rings is 1. The van der Waals surface area contributed by atoms with E-state index in [-0.39, 0.29) is 6.03 Å². The SMILES string of the molecule is CC1CC1CNC(=O)N1CCN(c2oc(C3CC3)nc2C#N)CC1. The quantitative estimate of drug-likeness (QED) is 0.912. The van der Waals surface area contributed by atoms with Crippen LogP contribution in [0.25, 0.3) is 0 Å². The average molecular weight is 329 g/mol. The zero-order valence-corrected chi connectivity index (χ0v) is 14.0. The Kier molecular flexibility index (Phi) is 3.83. The van der Waals surface area contributed by atoms with Crippen LogP contribution in [0.4, 0.5) is 10.7 Å². The second-order valence-corrected chi connectivity index (χ2v) is 7.23. The highest BCUT2D eigenvalue weighted by Crippen LogP contribution is 2.41. The van der Waals surface area contributed by atoms with Gasteiger partial charge in [0.1, 0.15) is 6.07 Å². The number of aromatic nitrogens is 1. The topological polar surface area (TPSA) is 85.4 Å². The summed E-state index contributed by atoms with van der Waals surface area (Å²) in [6.07, 6.45) is 3.41. The molecule has 0 spiro atoms. The van der Waals surface area contributed by atoms with Gasteiger partial charge in [-0.2, -0.15) is 5.26 Å². The third-order valence-electron chi connectivity index (χ3n) is 5.30. The van der Waals surface area contributed by atoms with E-state index >= 15 is 0 Å². The van der Waals surface area contributed by atoms with E-state index in [1.807, 2.05) is 9.80 Å². The fourth-order valence-corrected chi connectivity index (χ4v) is 3.25. The van der Waals surface area contributed by atoms with Gasteiger partial charge in [-0.05, 0) is 31.1 Å². The number of oxazole rings is 1. The van der Waals surface area contributed by atoms with E-state index in [9.17, 15) is 10.1 Å². The largest absolute Gasteiger partial charge is 0.423 e. The Morgan fingerprint density at radius 3 is 2.67 bits per heavy atom. The summed E-state index contributed by atoms with van der Waals surface area (Å²) >= 11 is 0. The first-order valence-corrected chi connectivity index (χ1v) is 8.84. The van der Waals surface area contributed by atoms with Crippen molar-refractivity contribution < 1.29 is 9.21 Å². The summed E-state index contributed by atoms with van der Waals surface area (Å²) in [6, 6.07) is 2.15. The molecule has 2 atom stereocenters. The van der Waals surface area contributed by atoms with Crippen LogP contribution in [-0.2, 0) is 0 Å². The van der Waals surface area contributed by atoms with Gasteiger partial charge in [0.25, 0.3) is 0 Å². The van der Waals surface area contributed by atoms with Crippen molar-refractivity contribution in [2.45, 2.75) is 32.1 Å². The first-order chi connectivity index (χ1) is 11.7. The van der Waals surface area contributed by atoms with E-state index in [2.05, 4.69) is 23.3 Å². The molecule has 0 aromatic carbocycles. The van der Waals surface area contributed by atoms with Crippen LogP contribution >= 0.6 is 0 Å². The van der Waals surface area contributed by atoms with Crippen LogP contribution in [0.1, 0.15) is 43.7 Å². The number of amides is 2. The highest BCUT2D eigenvalue weighted by Gasteiger charge is 2.34. The molecule has 7 heteroatoms. The Hall–Kier alpha value is -2.23. The molecule has 1 N–H and O–H groups in total. The number of carbonyl (C=O) groups excluding carboxylic acids is 1. The summed E-state index contributed by atoms with van der Waals surface area (Å²) in [7, 11) is 0. The van der Waals surface area contributed by atoms with E-state index in [1.165, 1.54) is 6.42 Å². The van der Waals surface area contributed by atoms with E-state index in [0.717, 1.165) is 25.3 Å². The zero-order chi connectivity index (χ0) is 16.7. The maximum atomic E-state index is 12.2. The maximum Gasteiger partial charge on any atom is 0.317 e. The molecule has 2 amide bonds. The number of rotatable bonds is 4. The minimum Gasteiger partial charge on any atom is -0.423 e. The molecular formula is C17H23N5O2. The predicted molar refractivity (Wildman–Crippen MR) is 87.6 cm³/mol. The number of hydrogen-bond acceptors (Lipinski definition) is 5. The van der Waals surface area contributed by atoms with Crippen molar-refractivity contribution in [3.63, 3.8) is 0 Å². The van der Waals surface area contributed by atoms with E-state index in [0.29, 0.717) is 55.5 Å². The first-order valence-electron chi connectivity index (χ1n) is 8.84. The third kappa shape index (κ3) is 3.05. The smallest absolute Gasteiger partial charge is 0.317 e. The predicted octanol–water partition coefficient (Wildman–Crippen LogP) is 1.91. The van der Waals surface area contributed by atoms with Crippen LogP contribution in [0.5, 0.6) is 0 Å². The van der Waals surface area contributed by atoms with Gasteiger partial charge in [-0.1, -0.05) is 6.92 Å². The van der Waals surface area contributed by atoms with Crippen LogP contribution in [0.3, 0.4) is 0 Å². The van der Waals surface area contributed by atoms with Crippen molar-refractivity contribution in [3.8, 4) is 6.07 Å². The number of nitrogens with one attached hydrogen (secondary N) is 1. The molecule has 0 bridgehead atoms. The highest BCUT2D eigenvalue weighted by atomic mass is 16.4. The highest BCUT2D eigenvalue weighted by molar-refractivity contribution is 5.74. The van der Waals surface area contributed by atoms with Crippen molar-refractivity contribution in [2.75, 3.05) is 37.6 Å². The van der Waals surface area contributed by atoms with Crippen molar-refractivity contribution in [3.05, 3.63) is 11.6 Å². The van der Waals surface area contributed by atoms with Gasteiger partial charge in [-0.15, -0.1) is 0 Å². The van der Waals surface area contributed by atoms with Gasteiger partial charge in [-0.25, -0.2) is 9.78 Å². The van der Waals surface area contributed by atoms with Crippen LogP contribution in [0, 0.1) is 23.2 Å². The Morgan fingerprint density at radius 2 is 2.08 bits per heavy atom. The average Bonchev–Trinajstić information content (AvgIpc) is 3.52. The van der Waals surface area contributed by atoms with Crippen molar-refractivity contribution in [1.82, 2.24) is 15.2 Å². The molecule has 2 unspecified atom stereocenters. The molecule has 1 aromatic heterocycles. The van der Waals surface area contributed by atoms with E-state index in [1.54, 1.807) is 0 Å². The van der Waals surface area contributed by atoms with Crippen LogP contribution < -0.4 is 10.2 Å². The maximum absolute atomic E-state index is 12.2. The minimum absolute atomic E-state index is 0.0190. The first kappa shape index (κ1) is 15.3. The summed E-state index contributed by atoms with van der Waals surface area (Å²) in [5, 5.41) is 12.3. The number of anilines is 1. The monoisotopic (exact) mass is 329 g/mol. The second-order valence-electron chi connectivity index (χ2n) is 7.23. The Balaban J connectivity index is 1.32. The normalized spacial score (nSPS) is 26.2. The summed E-state index contributed by atoms with van der Waals surface area (Å²) in [5.41, 5.74) is 0.373. The van der Waals surface area contributed by atoms with Gasteiger partial charge in [0.05, 0.1) is 0 Å². The molecule has 3 aliphatic rings. The third-order valence-corrected chi connectivity index (χ3v) is 5.30. The van der Waals surface area contributed by atoms with Gasteiger partial charge in [0.2, 0.25) is 17.5 Å². The lowest BCUT2D eigenvalue weighted by Crippen LogP contribution is -2.52. The summed E-state index contributed by atoms with van der Waals surface area (Å²) in [5.74, 6) is 3.07. The molecule has 24 heavy (non-hydrogen) atoms. The standard InChI is InChI=1S/C17H23N5O2/c1-11-8-13(11)10-19-17(23)22-6-4-21(5-7-22)16-14(9-18)20-15(24-16)12-2-3-12/h11-13H,2-8,10H2,1H3,(H,19,23). The summed E-state index contributed by atoms with van der Waals surface area (Å²) < 4.78 is 5.84. The second kappa shape index (κ2) is 6.00. The molecular weight excluding hydrogens is 306 g/mol. The Labute approximate surface area is 141 Å². The van der Waals surface area contributed by atoms with Crippen LogP contribution in [0.15, 0.2) is 4.42 Å². The van der Waals surface area contributed by atoms with Gasteiger partial charge < -0.3 is 19.5 Å². The number of hydrogen-bond donors (Lipinski definition) is 1. The lowest BCUT2D eigenvalue weighted by atomic mass is 10.3. The molecule has 2 saturated carbocycles. The molecule has 3 fully saturated rings. The molecule has 2 aliphatic carbocycles. The van der Waals surface area contributed by atoms with E-state index in [4.69, 9.17) is 4.42 Å². The van der Waals surface area contributed by atoms with Gasteiger partial charge in [-0.3, -0.25) is 0 Å². The molecule has 1 aliphatic heterocycles. The fraction of sp³-hybridized carbons (Fsp3) is 0.706. The van der Waals surface area contributed by atoms with Crippen LogP contribution in [0.2, 0.25) is 0 Å². The van der Waals surface area contributed by atoms with E-state index < -0.39 is 0 Å². The molecule has 4 rings (SSSR count). The number of nitriles is 1. The molecule has 128 valence electrons. The number of carbonyl (C=O) groups is 1. The minimum atomic E-state index is 0.0190. The zero-order valence-electron chi connectivity index (χ0n) is 14.0. The molecule has 1 aromatic rings. The van der Waals surface area contributed by atoms with Crippen molar-refractivity contribution in [1.29, 1.82) is 5.26 Å². The van der Waals surface area contributed by atoms with Gasteiger partial charge in [0, 0.05) is 38.6 Å². The lowest BCUT2D eigenvalue weighted by molar-refractivity contribution is 0.193.